The molecule has 0 aliphatic rings. The number of nitrogen functional groups attached to an aromatic ring is 2. The zero-order valence-corrected chi connectivity index (χ0v) is 18.1. The molecule has 0 bridgehead atoms. The van der Waals surface area contributed by atoms with Gasteiger partial charge in [-0.25, -0.2) is 4.98 Å². The number of nitrogens with two attached hydrogens (primary N) is 2. The average molecular weight is 418 g/mol. The number of benzene rings is 2. The second-order valence-corrected chi connectivity index (χ2v) is 7.30. The quantitative estimate of drug-likeness (QED) is 0.465. The van der Waals surface area contributed by atoms with Crippen molar-refractivity contribution in [2.75, 3.05) is 25.2 Å². The standard InChI is InChI=1S/C24H27N5O2/c1-4-29-14-19(16-7-6-8-18(12-16)30-3)22-20(29)10-15(11-21(22)31-5-2)9-17-13-27-24(26)28-23(17)25/h6-8,10-14H,4-5,9H2,1-3H3,(H4,25,26,27,28). The van der Waals surface area contributed by atoms with E-state index in [1.165, 1.54) is 0 Å². The van der Waals surface area contributed by atoms with Crippen LogP contribution in [0.4, 0.5) is 11.8 Å². The fourth-order valence-corrected chi connectivity index (χ4v) is 3.88. The van der Waals surface area contributed by atoms with E-state index in [1.807, 2.05) is 25.1 Å². The van der Waals surface area contributed by atoms with E-state index >= 15 is 0 Å². The van der Waals surface area contributed by atoms with Crippen molar-refractivity contribution in [1.29, 1.82) is 0 Å². The number of rotatable bonds is 7. The summed E-state index contributed by atoms with van der Waals surface area (Å²) in [5.41, 5.74) is 16.9. The Morgan fingerprint density at radius 1 is 1.10 bits per heavy atom. The van der Waals surface area contributed by atoms with Gasteiger partial charge in [-0.15, -0.1) is 0 Å². The van der Waals surface area contributed by atoms with Gasteiger partial charge in [-0.1, -0.05) is 12.1 Å². The predicted octanol–water partition coefficient (Wildman–Crippen LogP) is 4.28. The molecule has 0 unspecified atom stereocenters. The van der Waals surface area contributed by atoms with Crippen LogP contribution < -0.4 is 20.9 Å². The van der Waals surface area contributed by atoms with E-state index in [-0.39, 0.29) is 5.95 Å². The molecule has 0 saturated heterocycles. The Morgan fingerprint density at radius 3 is 2.65 bits per heavy atom. The fourth-order valence-electron chi connectivity index (χ4n) is 3.88. The largest absolute Gasteiger partial charge is 0.497 e. The third-order valence-corrected chi connectivity index (χ3v) is 5.34. The normalized spacial score (nSPS) is 11.1. The highest BCUT2D eigenvalue weighted by molar-refractivity contribution is 6.01. The van der Waals surface area contributed by atoms with Crippen LogP contribution in [0.1, 0.15) is 25.0 Å². The second kappa shape index (κ2) is 8.55. The summed E-state index contributed by atoms with van der Waals surface area (Å²) in [7, 11) is 1.68. The van der Waals surface area contributed by atoms with Gasteiger partial charge in [-0.2, -0.15) is 4.98 Å². The molecular weight excluding hydrogens is 390 g/mol. The molecule has 0 amide bonds. The number of hydrogen-bond acceptors (Lipinski definition) is 6. The molecule has 0 saturated carbocycles. The third kappa shape index (κ3) is 3.99. The van der Waals surface area contributed by atoms with E-state index in [9.17, 15) is 0 Å². The number of anilines is 2. The van der Waals surface area contributed by atoms with Crippen LogP contribution in [0.5, 0.6) is 11.5 Å². The molecule has 7 heteroatoms. The van der Waals surface area contributed by atoms with Gasteiger partial charge in [-0.3, -0.25) is 0 Å². The number of aromatic nitrogens is 3. The van der Waals surface area contributed by atoms with Crippen molar-refractivity contribution in [2.24, 2.45) is 0 Å². The minimum absolute atomic E-state index is 0.175. The van der Waals surface area contributed by atoms with Crippen LogP contribution in [0.25, 0.3) is 22.0 Å². The fraction of sp³-hybridized carbons (Fsp3) is 0.250. The van der Waals surface area contributed by atoms with Gasteiger partial charge < -0.3 is 25.5 Å². The highest BCUT2D eigenvalue weighted by Crippen LogP contribution is 2.39. The van der Waals surface area contributed by atoms with Gasteiger partial charge in [0.15, 0.2) is 0 Å². The average Bonchev–Trinajstić information content (AvgIpc) is 3.15. The van der Waals surface area contributed by atoms with Gasteiger partial charge >= 0.3 is 0 Å². The molecule has 160 valence electrons. The first-order valence-corrected chi connectivity index (χ1v) is 10.3. The molecule has 31 heavy (non-hydrogen) atoms. The van der Waals surface area contributed by atoms with Crippen molar-refractivity contribution >= 4 is 22.7 Å². The van der Waals surface area contributed by atoms with Gasteiger partial charge in [0.25, 0.3) is 0 Å². The van der Waals surface area contributed by atoms with Crippen molar-refractivity contribution in [1.82, 2.24) is 14.5 Å². The minimum atomic E-state index is 0.175. The first-order valence-electron chi connectivity index (χ1n) is 10.3. The minimum Gasteiger partial charge on any atom is -0.497 e. The molecule has 0 radical (unpaired) electrons. The molecule has 0 spiro atoms. The lowest BCUT2D eigenvalue weighted by atomic mass is 10.00. The molecule has 2 aromatic heterocycles. The molecule has 0 aliphatic carbocycles. The van der Waals surface area contributed by atoms with Crippen molar-refractivity contribution in [3.63, 3.8) is 0 Å². The van der Waals surface area contributed by atoms with Crippen molar-refractivity contribution < 1.29 is 9.47 Å². The van der Waals surface area contributed by atoms with Crippen LogP contribution in [0.3, 0.4) is 0 Å². The van der Waals surface area contributed by atoms with Crippen LogP contribution in [-0.2, 0) is 13.0 Å². The SMILES string of the molecule is CCOc1cc(Cc2cnc(N)nc2N)cc2c1c(-c1cccc(OC)c1)cn2CC. The molecule has 0 atom stereocenters. The summed E-state index contributed by atoms with van der Waals surface area (Å²) in [6.07, 6.45) is 4.45. The summed E-state index contributed by atoms with van der Waals surface area (Å²) < 4.78 is 13.8. The summed E-state index contributed by atoms with van der Waals surface area (Å²) in [5, 5.41) is 1.09. The molecule has 0 fully saturated rings. The molecule has 4 N–H and O–H groups in total. The van der Waals surface area contributed by atoms with Crippen molar-refractivity contribution in [2.45, 2.75) is 26.8 Å². The summed E-state index contributed by atoms with van der Waals surface area (Å²) in [6.45, 7) is 5.53. The van der Waals surface area contributed by atoms with E-state index in [0.717, 1.165) is 51.2 Å². The summed E-state index contributed by atoms with van der Waals surface area (Å²) in [4.78, 5) is 8.17. The van der Waals surface area contributed by atoms with Gasteiger partial charge in [0.2, 0.25) is 5.95 Å². The molecule has 2 aromatic carbocycles. The number of ether oxygens (including phenoxy) is 2. The topological polar surface area (TPSA) is 101 Å². The first kappa shape index (κ1) is 20.5. The molecule has 4 aromatic rings. The number of methoxy groups -OCH3 is 1. The zero-order valence-electron chi connectivity index (χ0n) is 18.1. The Balaban J connectivity index is 1.88. The lowest BCUT2D eigenvalue weighted by Crippen LogP contribution is -2.04. The van der Waals surface area contributed by atoms with Crippen molar-refractivity contribution in [3.05, 3.63) is 59.9 Å². The first-order chi connectivity index (χ1) is 15.0. The number of hydrogen-bond donors (Lipinski definition) is 2. The predicted molar refractivity (Wildman–Crippen MR) is 124 cm³/mol. The molecule has 0 aliphatic heterocycles. The van der Waals surface area contributed by atoms with Crippen LogP contribution in [-0.4, -0.2) is 28.3 Å². The summed E-state index contributed by atoms with van der Waals surface area (Å²) in [5.74, 6) is 2.24. The monoisotopic (exact) mass is 417 g/mol. The highest BCUT2D eigenvalue weighted by Gasteiger charge is 2.17. The lowest BCUT2D eigenvalue weighted by Gasteiger charge is -2.12. The Morgan fingerprint density at radius 2 is 1.94 bits per heavy atom. The smallest absolute Gasteiger partial charge is 0.221 e. The molecular formula is C24H27N5O2. The number of aryl methyl sites for hydroxylation is 1. The Hall–Kier alpha value is -3.74. The summed E-state index contributed by atoms with van der Waals surface area (Å²) in [6, 6.07) is 12.3. The van der Waals surface area contributed by atoms with Crippen LogP contribution in [0.2, 0.25) is 0 Å². The molecule has 2 heterocycles. The van der Waals surface area contributed by atoms with E-state index in [4.69, 9.17) is 20.9 Å². The van der Waals surface area contributed by atoms with E-state index in [2.05, 4.69) is 45.9 Å². The Labute approximate surface area is 181 Å². The van der Waals surface area contributed by atoms with Gasteiger partial charge in [-0.05, 0) is 49.2 Å². The third-order valence-electron chi connectivity index (χ3n) is 5.34. The second-order valence-electron chi connectivity index (χ2n) is 7.30. The number of nitrogens with zero attached hydrogens (tertiary/aromatic N) is 3. The highest BCUT2D eigenvalue weighted by atomic mass is 16.5. The maximum absolute atomic E-state index is 6.10. The van der Waals surface area contributed by atoms with Gasteiger partial charge in [0.1, 0.15) is 17.3 Å². The lowest BCUT2D eigenvalue weighted by molar-refractivity contribution is 0.344. The maximum atomic E-state index is 6.10. The van der Waals surface area contributed by atoms with Crippen LogP contribution >= 0.6 is 0 Å². The van der Waals surface area contributed by atoms with Crippen LogP contribution in [0, 0.1) is 0 Å². The zero-order chi connectivity index (χ0) is 22.0. The van der Waals surface area contributed by atoms with Gasteiger partial charge in [0, 0.05) is 41.9 Å². The molecule has 7 nitrogen and oxygen atoms in total. The van der Waals surface area contributed by atoms with E-state index in [0.29, 0.717) is 18.8 Å². The summed E-state index contributed by atoms with van der Waals surface area (Å²) >= 11 is 0. The van der Waals surface area contributed by atoms with Crippen LogP contribution in [0.15, 0.2) is 48.8 Å². The Kier molecular flexibility index (Phi) is 5.66. The Bertz CT molecular complexity index is 1230. The van der Waals surface area contributed by atoms with Gasteiger partial charge in [0.05, 0.1) is 19.2 Å². The van der Waals surface area contributed by atoms with E-state index in [1.54, 1.807) is 13.3 Å². The number of fused-ring (bicyclic) bond motifs is 1. The van der Waals surface area contributed by atoms with Crippen molar-refractivity contribution in [3.8, 4) is 22.6 Å². The maximum Gasteiger partial charge on any atom is 0.221 e. The van der Waals surface area contributed by atoms with E-state index < -0.39 is 0 Å². The molecule has 4 rings (SSSR count).